The first-order valence-corrected chi connectivity index (χ1v) is 10.4. The number of ether oxygens (including phenoxy) is 1. The summed E-state index contributed by atoms with van der Waals surface area (Å²) in [5, 5.41) is 8.86. The van der Waals surface area contributed by atoms with Crippen LogP contribution in [0.25, 0.3) is 0 Å². The molecule has 3 rings (SSSR count). The van der Waals surface area contributed by atoms with E-state index in [-0.39, 0.29) is 40.8 Å². The fourth-order valence-electron chi connectivity index (χ4n) is 4.01. The number of aliphatic hydroxyl groups excluding tert-OH is 1. The van der Waals surface area contributed by atoms with E-state index in [0.29, 0.717) is 5.56 Å². The Balaban J connectivity index is 0.000000223. The zero-order chi connectivity index (χ0) is 20.8. The quantitative estimate of drug-likeness (QED) is 0.813. The maximum Gasteiger partial charge on any atom is 0.250 e. The lowest BCUT2D eigenvalue weighted by atomic mass is 9.86. The summed E-state index contributed by atoms with van der Waals surface area (Å²) in [6.07, 6.45) is 2.52. The van der Waals surface area contributed by atoms with E-state index < -0.39 is 0 Å². The molecule has 1 saturated carbocycles. The molecule has 0 bridgehead atoms. The number of amides is 1. The van der Waals surface area contributed by atoms with Crippen molar-refractivity contribution in [2.24, 2.45) is 17.1 Å². The predicted octanol–water partition coefficient (Wildman–Crippen LogP) is 3.73. The normalized spacial score (nSPS) is 21.1. The number of rotatable bonds is 4. The van der Waals surface area contributed by atoms with Gasteiger partial charge in [0.1, 0.15) is 5.78 Å². The number of fused-ring (bicyclic) bond motifs is 1. The molecule has 1 aromatic rings. The summed E-state index contributed by atoms with van der Waals surface area (Å²) in [4.78, 5) is 25.0. The summed E-state index contributed by atoms with van der Waals surface area (Å²) in [5.41, 5.74) is 6.36. The average molecular weight is 396 g/mol. The van der Waals surface area contributed by atoms with Crippen LogP contribution in [-0.4, -0.2) is 29.0 Å². The Morgan fingerprint density at radius 2 is 1.78 bits per heavy atom. The molecular formula is C21H33NO4S. The van der Waals surface area contributed by atoms with E-state index in [4.69, 9.17) is 15.6 Å². The monoisotopic (exact) mass is 395 g/mol. The van der Waals surface area contributed by atoms with Crippen LogP contribution in [0.15, 0.2) is 0 Å². The smallest absolute Gasteiger partial charge is 0.250 e. The van der Waals surface area contributed by atoms with Crippen molar-refractivity contribution in [3.63, 3.8) is 0 Å². The van der Waals surface area contributed by atoms with E-state index in [0.717, 1.165) is 34.6 Å². The molecule has 0 radical (unpaired) electrons. The van der Waals surface area contributed by atoms with Crippen molar-refractivity contribution < 1.29 is 19.4 Å². The maximum absolute atomic E-state index is 11.6. The summed E-state index contributed by atoms with van der Waals surface area (Å²) in [6, 6.07) is 0. The molecule has 2 heterocycles. The lowest BCUT2D eigenvalue weighted by Crippen LogP contribution is -2.42. The van der Waals surface area contributed by atoms with Gasteiger partial charge in [-0.3, -0.25) is 9.59 Å². The highest BCUT2D eigenvalue weighted by Gasteiger charge is 2.49. The van der Waals surface area contributed by atoms with Gasteiger partial charge in [0.05, 0.1) is 28.8 Å². The number of hydrogen-bond donors (Lipinski definition) is 2. The second-order valence-electron chi connectivity index (χ2n) is 9.21. The number of aryl methyl sites for hydroxylation is 1. The Hall–Kier alpha value is -1.24. The molecular weight excluding hydrogens is 362 g/mol. The van der Waals surface area contributed by atoms with Crippen LogP contribution in [-0.2, 0) is 21.6 Å². The molecule has 0 unspecified atom stereocenters. The van der Waals surface area contributed by atoms with Crippen LogP contribution in [0.1, 0.15) is 80.1 Å². The van der Waals surface area contributed by atoms with Crippen molar-refractivity contribution in [1.82, 2.24) is 0 Å². The van der Waals surface area contributed by atoms with E-state index >= 15 is 0 Å². The first-order chi connectivity index (χ1) is 12.3. The van der Waals surface area contributed by atoms with Crippen molar-refractivity contribution in [1.29, 1.82) is 0 Å². The molecule has 6 heteroatoms. The zero-order valence-electron chi connectivity index (χ0n) is 17.6. The number of carbonyl (C=O) groups is 2. The molecule has 0 atom stereocenters. The average Bonchev–Trinajstić information content (AvgIpc) is 3.23. The molecule has 27 heavy (non-hydrogen) atoms. The number of ketones is 1. The maximum atomic E-state index is 11.6. The van der Waals surface area contributed by atoms with Gasteiger partial charge in [-0.1, -0.05) is 13.8 Å². The van der Waals surface area contributed by atoms with Gasteiger partial charge in [-0.05, 0) is 53.0 Å². The number of carbonyl (C=O) groups excluding carboxylic acids is 2. The van der Waals surface area contributed by atoms with Gasteiger partial charge in [0, 0.05) is 22.1 Å². The standard InChI is InChI=1S/C13H19NO2S.C8H14O2/c1-7-9(11(14)15)8-6-12(2,3)16-13(4,5)10(8)17-7;1-6(2)7(10)8(5-9)3-4-8/h6H2,1-5H3,(H2,14,15);6,9H,3-5H2,1-2H3. The number of aliphatic hydroxyl groups is 1. The Kier molecular flexibility index (Phi) is 5.96. The molecule has 5 nitrogen and oxygen atoms in total. The number of hydrogen-bond acceptors (Lipinski definition) is 5. The number of primary amides is 1. The molecule has 3 N–H and O–H groups in total. The highest BCUT2D eigenvalue weighted by atomic mass is 32.1. The SMILES string of the molecule is CC(C)C(=O)C1(CO)CC1.Cc1sc2c(c1C(N)=O)CC(C)(C)OC2(C)C. The first-order valence-electron chi connectivity index (χ1n) is 9.54. The minimum absolute atomic E-state index is 0.0456. The van der Waals surface area contributed by atoms with Crippen LogP contribution in [0.5, 0.6) is 0 Å². The van der Waals surface area contributed by atoms with E-state index in [2.05, 4.69) is 13.8 Å². The second-order valence-corrected chi connectivity index (χ2v) is 10.4. The van der Waals surface area contributed by atoms with Gasteiger partial charge in [0.2, 0.25) is 5.91 Å². The Morgan fingerprint density at radius 3 is 2.15 bits per heavy atom. The van der Waals surface area contributed by atoms with Crippen molar-refractivity contribution in [2.45, 2.75) is 78.9 Å². The van der Waals surface area contributed by atoms with Crippen LogP contribution in [0.4, 0.5) is 0 Å². The van der Waals surface area contributed by atoms with Crippen molar-refractivity contribution in [3.8, 4) is 0 Å². The minimum atomic E-state index is -0.347. The van der Waals surface area contributed by atoms with Crippen molar-refractivity contribution in [2.75, 3.05) is 6.61 Å². The topological polar surface area (TPSA) is 89.6 Å². The Labute approximate surface area is 166 Å². The van der Waals surface area contributed by atoms with Gasteiger partial charge in [0.15, 0.2) is 0 Å². The Bertz CT molecular complexity index is 742. The largest absolute Gasteiger partial charge is 0.395 e. The molecule has 0 aromatic carbocycles. The van der Waals surface area contributed by atoms with Gasteiger partial charge in [-0.25, -0.2) is 0 Å². The third kappa shape index (κ3) is 4.44. The van der Waals surface area contributed by atoms with Gasteiger partial charge in [0.25, 0.3) is 0 Å². The fraction of sp³-hybridized carbons (Fsp3) is 0.714. The summed E-state index contributed by atoms with van der Waals surface area (Å²) >= 11 is 1.63. The Morgan fingerprint density at radius 1 is 1.22 bits per heavy atom. The van der Waals surface area contributed by atoms with E-state index in [1.54, 1.807) is 11.3 Å². The second kappa shape index (κ2) is 7.30. The molecule has 2 aliphatic rings. The van der Waals surface area contributed by atoms with Crippen LogP contribution in [0.3, 0.4) is 0 Å². The van der Waals surface area contributed by atoms with Gasteiger partial charge < -0.3 is 15.6 Å². The van der Waals surface area contributed by atoms with Gasteiger partial charge in [-0.15, -0.1) is 11.3 Å². The van der Waals surface area contributed by atoms with E-state index in [1.807, 2.05) is 34.6 Å². The lowest BCUT2D eigenvalue weighted by molar-refractivity contribution is -0.135. The number of thiophene rings is 1. The zero-order valence-corrected chi connectivity index (χ0v) is 18.4. The van der Waals surface area contributed by atoms with Crippen LogP contribution >= 0.6 is 11.3 Å². The molecule has 0 spiro atoms. The van der Waals surface area contributed by atoms with Crippen LogP contribution in [0, 0.1) is 18.3 Å². The van der Waals surface area contributed by atoms with Crippen LogP contribution in [0.2, 0.25) is 0 Å². The van der Waals surface area contributed by atoms with Gasteiger partial charge >= 0.3 is 0 Å². The molecule has 1 aliphatic carbocycles. The molecule has 1 amide bonds. The van der Waals surface area contributed by atoms with Gasteiger partial charge in [-0.2, -0.15) is 0 Å². The third-order valence-corrected chi connectivity index (χ3v) is 6.77. The van der Waals surface area contributed by atoms with E-state index in [1.165, 1.54) is 0 Å². The molecule has 1 aromatic heterocycles. The first kappa shape index (κ1) is 22.1. The molecule has 0 saturated heterocycles. The molecule has 1 fully saturated rings. The van der Waals surface area contributed by atoms with Crippen LogP contribution < -0.4 is 5.73 Å². The van der Waals surface area contributed by atoms with E-state index in [9.17, 15) is 9.59 Å². The number of nitrogens with two attached hydrogens (primary N) is 1. The highest BCUT2D eigenvalue weighted by Crippen LogP contribution is 2.47. The predicted molar refractivity (Wildman–Crippen MR) is 108 cm³/mol. The minimum Gasteiger partial charge on any atom is -0.395 e. The van der Waals surface area contributed by atoms with Crippen molar-refractivity contribution >= 4 is 23.0 Å². The molecule has 1 aliphatic heterocycles. The lowest BCUT2D eigenvalue weighted by Gasteiger charge is -2.41. The van der Waals surface area contributed by atoms with Crippen molar-refractivity contribution in [3.05, 3.63) is 20.9 Å². The summed E-state index contributed by atoms with van der Waals surface area (Å²) < 4.78 is 6.09. The third-order valence-electron chi connectivity index (χ3n) is 5.31. The molecule has 152 valence electrons. The summed E-state index contributed by atoms with van der Waals surface area (Å²) in [5.74, 6) is -0.0156. The fourth-order valence-corrected chi connectivity index (χ4v) is 5.23. The summed E-state index contributed by atoms with van der Waals surface area (Å²) in [7, 11) is 0. The highest BCUT2D eigenvalue weighted by molar-refractivity contribution is 7.12. The summed E-state index contributed by atoms with van der Waals surface area (Å²) in [6.45, 7) is 14.0. The number of Topliss-reactive ketones (excluding diaryl/α,β-unsaturated/α-hetero) is 1.